The first-order chi connectivity index (χ1) is 16.9. The number of fused-ring (bicyclic) bond motifs is 1. The van der Waals surface area contributed by atoms with Crippen molar-refractivity contribution < 1.29 is 17.6 Å². The molecule has 0 bridgehead atoms. The Morgan fingerprint density at radius 1 is 0.600 bits per heavy atom. The molecule has 4 heteroatoms. The minimum absolute atomic E-state index is 0.170. The summed E-state index contributed by atoms with van der Waals surface area (Å²) < 4.78 is 56.4. The van der Waals surface area contributed by atoms with Gasteiger partial charge < -0.3 is 0 Å². The molecule has 4 aromatic carbocycles. The average Bonchev–Trinajstić information content (AvgIpc) is 2.84. The summed E-state index contributed by atoms with van der Waals surface area (Å²) in [5, 5.41) is 1.06. The molecule has 178 valence electrons. The summed E-state index contributed by atoms with van der Waals surface area (Å²) in [7, 11) is 0. The molecule has 0 N–H and O–H groups in total. The van der Waals surface area contributed by atoms with Crippen LogP contribution in [0.2, 0.25) is 0 Å². The molecule has 0 amide bonds. The smallest absolute Gasteiger partial charge is 0.159 e. The number of rotatable bonds is 7. The topological polar surface area (TPSA) is 0 Å². The number of aryl methyl sites for hydroxylation is 1. The van der Waals surface area contributed by atoms with E-state index in [9.17, 15) is 17.6 Å². The van der Waals surface area contributed by atoms with Crippen LogP contribution in [0.15, 0.2) is 66.7 Å². The molecule has 0 aliphatic rings. The van der Waals surface area contributed by atoms with Gasteiger partial charge in [-0.3, -0.25) is 0 Å². The minimum Gasteiger partial charge on any atom is -0.206 e. The van der Waals surface area contributed by atoms with Gasteiger partial charge in [-0.15, -0.1) is 0 Å². The Morgan fingerprint density at radius 2 is 1.37 bits per heavy atom. The number of halogens is 4. The zero-order chi connectivity index (χ0) is 24.8. The van der Waals surface area contributed by atoms with E-state index in [-0.39, 0.29) is 11.4 Å². The van der Waals surface area contributed by atoms with Crippen LogP contribution in [0.4, 0.5) is 17.6 Å². The maximum Gasteiger partial charge on any atom is 0.159 e. The fourth-order valence-corrected chi connectivity index (χ4v) is 4.12. The van der Waals surface area contributed by atoms with E-state index in [4.69, 9.17) is 0 Å². The minimum atomic E-state index is -0.934. The van der Waals surface area contributed by atoms with Crippen molar-refractivity contribution in [1.29, 1.82) is 0 Å². The van der Waals surface area contributed by atoms with Gasteiger partial charge in [0, 0.05) is 11.1 Å². The number of hydrogen-bond acceptors (Lipinski definition) is 0. The third-order valence-corrected chi connectivity index (χ3v) is 6.10. The standard InChI is InChI=1S/C31H26F4/c1-2-3-4-5-6-7-21-10-15-27(29(33)17-21)25-14-13-23(28(32)19-25)11-8-22-9-12-24-18-30(34)31(35)20-26(24)16-22/h9-10,12-20H,2-7H2,1H3. The van der Waals surface area contributed by atoms with Crippen molar-refractivity contribution in [3.05, 3.63) is 107 Å². The fraction of sp³-hybridized carbons (Fsp3) is 0.226. The van der Waals surface area contributed by atoms with Crippen molar-refractivity contribution in [1.82, 2.24) is 0 Å². The fourth-order valence-electron chi connectivity index (χ4n) is 4.12. The molecule has 0 radical (unpaired) electrons. The SMILES string of the molecule is CCCCCCCc1ccc(-c2ccc(C#Cc3ccc4cc(F)c(F)cc4c3)c(F)c2)c(F)c1. The van der Waals surface area contributed by atoms with Gasteiger partial charge in [-0.25, -0.2) is 17.6 Å². The highest BCUT2D eigenvalue weighted by atomic mass is 19.2. The van der Waals surface area contributed by atoms with E-state index < -0.39 is 17.5 Å². The van der Waals surface area contributed by atoms with Gasteiger partial charge in [-0.05, 0) is 77.2 Å². The van der Waals surface area contributed by atoms with Crippen molar-refractivity contribution in [3.8, 4) is 23.0 Å². The lowest BCUT2D eigenvalue weighted by atomic mass is 9.99. The zero-order valence-corrected chi connectivity index (χ0v) is 19.6. The van der Waals surface area contributed by atoms with Gasteiger partial charge in [0.15, 0.2) is 11.6 Å². The Balaban J connectivity index is 1.49. The van der Waals surface area contributed by atoms with E-state index in [2.05, 4.69) is 18.8 Å². The van der Waals surface area contributed by atoms with Crippen molar-refractivity contribution in [2.24, 2.45) is 0 Å². The summed E-state index contributed by atoms with van der Waals surface area (Å²) in [6.45, 7) is 2.17. The van der Waals surface area contributed by atoms with Crippen LogP contribution in [-0.2, 0) is 6.42 Å². The predicted molar refractivity (Wildman–Crippen MR) is 134 cm³/mol. The lowest BCUT2D eigenvalue weighted by Gasteiger charge is -2.08. The van der Waals surface area contributed by atoms with Crippen molar-refractivity contribution >= 4 is 10.8 Å². The first-order valence-electron chi connectivity index (χ1n) is 11.9. The van der Waals surface area contributed by atoms with Gasteiger partial charge in [-0.1, -0.05) is 68.7 Å². The average molecular weight is 475 g/mol. The predicted octanol–water partition coefficient (Wildman–Crippen LogP) is 8.98. The quantitative estimate of drug-likeness (QED) is 0.142. The van der Waals surface area contributed by atoms with E-state index in [0.29, 0.717) is 27.5 Å². The molecule has 0 saturated carbocycles. The molecule has 35 heavy (non-hydrogen) atoms. The Morgan fingerprint density at radius 3 is 2.11 bits per heavy atom. The van der Waals surface area contributed by atoms with Crippen molar-refractivity contribution in [2.75, 3.05) is 0 Å². The number of benzene rings is 4. The third kappa shape index (κ3) is 6.11. The maximum absolute atomic E-state index is 14.8. The highest BCUT2D eigenvalue weighted by Gasteiger charge is 2.10. The Bertz CT molecular complexity index is 1410. The number of unbranched alkanes of at least 4 members (excludes halogenated alkanes) is 4. The molecule has 4 aromatic rings. The van der Waals surface area contributed by atoms with Crippen LogP contribution in [0.3, 0.4) is 0 Å². The molecule has 0 heterocycles. The highest BCUT2D eigenvalue weighted by Crippen LogP contribution is 2.26. The summed E-state index contributed by atoms with van der Waals surface area (Å²) in [5.74, 6) is 2.87. The molecular formula is C31H26F4. The zero-order valence-electron chi connectivity index (χ0n) is 19.6. The summed E-state index contributed by atoms with van der Waals surface area (Å²) in [6.07, 6.45) is 6.62. The molecule has 0 aliphatic carbocycles. The van der Waals surface area contributed by atoms with E-state index in [0.717, 1.165) is 37.0 Å². The van der Waals surface area contributed by atoms with Gasteiger partial charge in [0.05, 0.1) is 5.56 Å². The maximum atomic E-state index is 14.8. The second kappa shape index (κ2) is 11.2. The van der Waals surface area contributed by atoms with Crippen LogP contribution < -0.4 is 0 Å². The summed E-state index contributed by atoms with van der Waals surface area (Å²) >= 11 is 0. The van der Waals surface area contributed by atoms with E-state index >= 15 is 0 Å². The molecule has 0 atom stereocenters. The van der Waals surface area contributed by atoms with Gasteiger partial charge >= 0.3 is 0 Å². The summed E-state index contributed by atoms with van der Waals surface area (Å²) in [6, 6.07) is 16.8. The summed E-state index contributed by atoms with van der Waals surface area (Å²) in [4.78, 5) is 0. The van der Waals surface area contributed by atoms with Gasteiger partial charge in [0.25, 0.3) is 0 Å². The van der Waals surface area contributed by atoms with Gasteiger partial charge in [0.1, 0.15) is 11.6 Å². The van der Waals surface area contributed by atoms with Gasteiger partial charge in [-0.2, -0.15) is 0 Å². The van der Waals surface area contributed by atoms with Crippen LogP contribution in [0.1, 0.15) is 55.7 Å². The Kier molecular flexibility index (Phi) is 7.87. The molecule has 0 nitrogen and oxygen atoms in total. The third-order valence-electron chi connectivity index (χ3n) is 6.10. The van der Waals surface area contributed by atoms with Crippen LogP contribution in [0.5, 0.6) is 0 Å². The number of hydrogen-bond donors (Lipinski definition) is 0. The van der Waals surface area contributed by atoms with Gasteiger partial charge in [0.2, 0.25) is 0 Å². The molecular weight excluding hydrogens is 448 g/mol. The Hall–Kier alpha value is -3.58. The molecule has 0 aromatic heterocycles. The van der Waals surface area contributed by atoms with Crippen LogP contribution in [0.25, 0.3) is 21.9 Å². The Labute approximate surface area is 203 Å². The van der Waals surface area contributed by atoms with Crippen LogP contribution >= 0.6 is 0 Å². The molecule has 0 fully saturated rings. The van der Waals surface area contributed by atoms with Crippen molar-refractivity contribution in [3.63, 3.8) is 0 Å². The molecule has 0 unspecified atom stereocenters. The largest absolute Gasteiger partial charge is 0.206 e. The molecule has 0 aliphatic heterocycles. The normalized spacial score (nSPS) is 10.9. The molecule has 0 spiro atoms. The lowest BCUT2D eigenvalue weighted by molar-refractivity contribution is 0.511. The lowest BCUT2D eigenvalue weighted by Crippen LogP contribution is -1.92. The first-order valence-corrected chi connectivity index (χ1v) is 11.9. The first kappa shape index (κ1) is 24.5. The van der Waals surface area contributed by atoms with E-state index in [1.807, 2.05) is 6.07 Å². The summed E-state index contributed by atoms with van der Waals surface area (Å²) in [5.41, 5.74) is 2.46. The highest BCUT2D eigenvalue weighted by molar-refractivity contribution is 5.84. The monoisotopic (exact) mass is 474 g/mol. The van der Waals surface area contributed by atoms with Crippen LogP contribution in [-0.4, -0.2) is 0 Å². The molecule has 0 saturated heterocycles. The van der Waals surface area contributed by atoms with E-state index in [1.165, 1.54) is 37.5 Å². The van der Waals surface area contributed by atoms with Crippen molar-refractivity contribution in [2.45, 2.75) is 45.4 Å². The van der Waals surface area contributed by atoms with E-state index in [1.54, 1.807) is 30.3 Å². The molecule has 4 rings (SSSR count). The second-order valence-corrected chi connectivity index (χ2v) is 8.75. The second-order valence-electron chi connectivity index (χ2n) is 8.75. The van der Waals surface area contributed by atoms with Crippen LogP contribution in [0, 0.1) is 35.1 Å².